The molecule has 0 amide bonds. The Kier molecular flexibility index (Phi) is 20.3. The maximum absolute atomic E-state index is 10.9. The van der Waals surface area contributed by atoms with E-state index in [2.05, 4.69) is 4.74 Å². The number of carbonyl (C=O) groups is 1. The van der Waals surface area contributed by atoms with Gasteiger partial charge in [-0.05, 0) is 19.3 Å². The van der Waals surface area contributed by atoms with E-state index < -0.39 is 0 Å². The molecule has 0 aromatic rings. The van der Waals surface area contributed by atoms with Crippen LogP contribution in [0.25, 0.3) is 0 Å². The molecule has 184 valence electrons. The molecule has 1 atom stereocenters. The van der Waals surface area contributed by atoms with Gasteiger partial charge < -0.3 is 42.6 Å². The second-order valence-electron chi connectivity index (χ2n) is 6.67. The summed E-state index contributed by atoms with van der Waals surface area (Å²) in [5.41, 5.74) is 0. The highest BCUT2D eigenvalue weighted by Gasteiger charge is 2.13. The van der Waals surface area contributed by atoms with E-state index in [9.17, 15) is 4.79 Å². The van der Waals surface area contributed by atoms with Crippen LogP contribution >= 0.6 is 0 Å². The van der Waals surface area contributed by atoms with Crippen LogP contribution in [0.3, 0.4) is 0 Å². The average Bonchev–Trinajstić information content (AvgIpc) is 2.80. The Morgan fingerprint density at radius 3 is 1.55 bits per heavy atom. The van der Waals surface area contributed by atoms with Gasteiger partial charge in [0.1, 0.15) is 0 Å². The van der Waals surface area contributed by atoms with Crippen molar-refractivity contribution in [1.29, 1.82) is 0 Å². The summed E-state index contributed by atoms with van der Waals surface area (Å²) in [6.45, 7) is 7.23. The molecule has 0 N–H and O–H groups in total. The van der Waals surface area contributed by atoms with E-state index in [-0.39, 0.29) is 18.7 Å². The van der Waals surface area contributed by atoms with Gasteiger partial charge in [-0.25, -0.2) is 0 Å². The van der Waals surface area contributed by atoms with Gasteiger partial charge in [0, 0.05) is 6.61 Å². The van der Waals surface area contributed by atoms with Crippen LogP contribution in [0.15, 0.2) is 0 Å². The van der Waals surface area contributed by atoms with E-state index in [0.29, 0.717) is 85.9 Å². The number of esters is 1. The summed E-state index contributed by atoms with van der Waals surface area (Å²) in [6.07, 6.45) is 3.45. The van der Waals surface area contributed by atoms with Gasteiger partial charge in [-0.2, -0.15) is 0 Å². The molecule has 0 spiro atoms. The predicted octanol–water partition coefficient (Wildman–Crippen LogP) is 1.19. The Morgan fingerprint density at radius 1 is 0.677 bits per heavy atom. The van der Waals surface area contributed by atoms with Gasteiger partial charge in [-0.3, -0.25) is 4.79 Å². The lowest BCUT2D eigenvalue weighted by Crippen LogP contribution is -2.24. The van der Waals surface area contributed by atoms with Gasteiger partial charge in [0.05, 0.1) is 99.4 Å². The Labute approximate surface area is 185 Å². The zero-order valence-corrected chi connectivity index (χ0v) is 18.9. The molecule has 1 unspecified atom stereocenters. The molecule has 1 heterocycles. The minimum Gasteiger partial charge on any atom is -0.469 e. The largest absolute Gasteiger partial charge is 0.469 e. The standard InChI is InChI=1S/C21H40O10/c1-23-20(22)5-7-24-8-9-25-10-11-26-12-13-27-14-15-28-16-17-29-18-19-31-21-4-2-3-6-30-21/h21H,2-19H2,1H3. The number of rotatable bonds is 22. The molecule has 0 bridgehead atoms. The minimum absolute atomic E-state index is 0.0627. The number of hydrogen-bond acceptors (Lipinski definition) is 10. The third-order valence-electron chi connectivity index (χ3n) is 4.21. The first-order chi connectivity index (χ1) is 15.3. The van der Waals surface area contributed by atoms with E-state index in [1.54, 1.807) is 0 Å². The van der Waals surface area contributed by atoms with E-state index in [4.69, 9.17) is 37.9 Å². The zero-order valence-electron chi connectivity index (χ0n) is 18.9. The monoisotopic (exact) mass is 452 g/mol. The predicted molar refractivity (Wildman–Crippen MR) is 111 cm³/mol. The fourth-order valence-corrected chi connectivity index (χ4v) is 2.54. The molecular weight excluding hydrogens is 412 g/mol. The van der Waals surface area contributed by atoms with Crippen LogP contribution in [0, 0.1) is 0 Å². The van der Waals surface area contributed by atoms with Crippen molar-refractivity contribution in [2.45, 2.75) is 32.0 Å². The maximum Gasteiger partial charge on any atom is 0.307 e. The topological polar surface area (TPSA) is 100 Å². The molecule has 1 fully saturated rings. The highest BCUT2D eigenvalue weighted by molar-refractivity contribution is 5.69. The maximum atomic E-state index is 10.9. The zero-order chi connectivity index (χ0) is 22.2. The van der Waals surface area contributed by atoms with Crippen molar-refractivity contribution in [2.24, 2.45) is 0 Å². The molecule has 1 aliphatic heterocycles. The summed E-state index contributed by atoms with van der Waals surface area (Å²) in [5, 5.41) is 0. The van der Waals surface area contributed by atoms with Crippen LogP contribution < -0.4 is 0 Å². The van der Waals surface area contributed by atoms with Crippen molar-refractivity contribution in [2.75, 3.05) is 99.6 Å². The Hall–Kier alpha value is -0.850. The van der Waals surface area contributed by atoms with Crippen LogP contribution in [0.1, 0.15) is 25.7 Å². The van der Waals surface area contributed by atoms with Gasteiger partial charge in [-0.1, -0.05) is 0 Å². The van der Waals surface area contributed by atoms with Crippen LogP contribution in [-0.2, 0) is 47.4 Å². The van der Waals surface area contributed by atoms with Gasteiger partial charge >= 0.3 is 5.97 Å². The van der Waals surface area contributed by atoms with E-state index in [0.717, 1.165) is 19.4 Å². The summed E-state index contributed by atoms with van der Waals surface area (Å²) >= 11 is 0. The number of methoxy groups -OCH3 is 1. The Balaban J connectivity index is 1.64. The Morgan fingerprint density at radius 2 is 1.13 bits per heavy atom. The first-order valence-electron chi connectivity index (χ1n) is 11.1. The first-order valence-corrected chi connectivity index (χ1v) is 11.1. The molecule has 0 saturated carbocycles. The van der Waals surface area contributed by atoms with Crippen molar-refractivity contribution in [3.8, 4) is 0 Å². The van der Waals surface area contributed by atoms with Crippen LogP contribution in [0.4, 0.5) is 0 Å². The van der Waals surface area contributed by atoms with Crippen molar-refractivity contribution < 1.29 is 47.4 Å². The molecule has 0 aromatic heterocycles. The number of hydrogen-bond donors (Lipinski definition) is 0. The summed E-state index contributed by atoms with van der Waals surface area (Å²) in [7, 11) is 1.36. The fourth-order valence-electron chi connectivity index (χ4n) is 2.54. The van der Waals surface area contributed by atoms with E-state index >= 15 is 0 Å². The molecule has 0 aromatic carbocycles. The van der Waals surface area contributed by atoms with Gasteiger partial charge in [0.2, 0.25) is 0 Å². The normalized spacial score (nSPS) is 16.5. The molecule has 1 saturated heterocycles. The fraction of sp³-hybridized carbons (Fsp3) is 0.952. The summed E-state index contributed by atoms with van der Waals surface area (Å²) in [5.74, 6) is -0.279. The lowest BCUT2D eigenvalue weighted by molar-refractivity contribution is -0.169. The lowest BCUT2D eigenvalue weighted by atomic mass is 10.2. The minimum atomic E-state index is -0.279. The molecule has 1 aliphatic rings. The second-order valence-corrected chi connectivity index (χ2v) is 6.67. The molecular formula is C21H40O10. The summed E-state index contributed by atoms with van der Waals surface area (Å²) < 4.78 is 47.9. The van der Waals surface area contributed by atoms with E-state index in [1.807, 2.05) is 0 Å². The second kappa shape index (κ2) is 22.3. The third-order valence-corrected chi connectivity index (χ3v) is 4.21. The smallest absolute Gasteiger partial charge is 0.307 e. The molecule has 0 radical (unpaired) electrons. The molecule has 1 rings (SSSR count). The van der Waals surface area contributed by atoms with Crippen LogP contribution in [-0.4, -0.2) is 112 Å². The third kappa shape index (κ3) is 19.6. The van der Waals surface area contributed by atoms with Crippen LogP contribution in [0.5, 0.6) is 0 Å². The number of ether oxygens (including phenoxy) is 9. The van der Waals surface area contributed by atoms with Crippen LogP contribution in [0.2, 0.25) is 0 Å². The number of carbonyl (C=O) groups excluding carboxylic acids is 1. The Bertz CT molecular complexity index is 390. The quantitative estimate of drug-likeness (QED) is 0.176. The highest BCUT2D eigenvalue weighted by Crippen LogP contribution is 2.13. The highest BCUT2D eigenvalue weighted by atomic mass is 16.7. The summed E-state index contributed by atoms with van der Waals surface area (Å²) in [6, 6.07) is 0. The summed E-state index contributed by atoms with van der Waals surface area (Å²) in [4.78, 5) is 10.9. The van der Waals surface area contributed by atoms with Gasteiger partial charge in [0.15, 0.2) is 6.29 Å². The van der Waals surface area contributed by atoms with Crippen molar-refractivity contribution >= 4 is 5.97 Å². The first kappa shape index (κ1) is 28.2. The van der Waals surface area contributed by atoms with E-state index in [1.165, 1.54) is 13.5 Å². The molecule has 10 heteroatoms. The average molecular weight is 453 g/mol. The lowest BCUT2D eigenvalue weighted by Gasteiger charge is -2.22. The van der Waals surface area contributed by atoms with Gasteiger partial charge in [-0.15, -0.1) is 0 Å². The molecule has 0 aliphatic carbocycles. The molecule has 10 nitrogen and oxygen atoms in total. The molecule has 31 heavy (non-hydrogen) atoms. The van der Waals surface area contributed by atoms with Crippen molar-refractivity contribution in [1.82, 2.24) is 0 Å². The van der Waals surface area contributed by atoms with Crippen molar-refractivity contribution in [3.63, 3.8) is 0 Å². The SMILES string of the molecule is COC(=O)CCOCCOCCOCCOCCOCCOCCOC1CCCCO1. The van der Waals surface area contributed by atoms with Crippen molar-refractivity contribution in [3.05, 3.63) is 0 Å². The van der Waals surface area contributed by atoms with Gasteiger partial charge in [0.25, 0.3) is 0 Å².